The lowest BCUT2D eigenvalue weighted by Crippen LogP contribution is -2.22. The zero-order valence-electron chi connectivity index (χ0n) is 11.0. The van der Waals surface area contributed by atoms with Crippen LogP contribution in [0.1, 0.15) is 27.0 Å². The van der Waals surface area contributed by atoms with E-state index >= 15 is 0 Å². The third-order valence-corrected chi connectivity index (χ3v) is 2.94. The Morgan fingerprint density at radius 3 is 2.80 bits per heavy atom. The molecule has 20 heavy (non-hydrogen) atoms. The van der Waals surface area contributed by atoms with E-state index < -0.39 is 0 Å². The monoisotopic (exact) mass is 268 g/mol. The van der Waals surface area contributed by atoms with Crippen molar-refractivity contribution >= 4 is 5.91 Å². The zero-order chi connectivity index (χ0) is 14.5. The van der Waals surface area contributed by atoms with Gasteiger partial charge in [0.25, 0.3) is 5.91 Å². The molecule has 0 aliphatic rings. The number of carbonyl (C=O) groups excluding carboxylic acids is 1. The van der Waals surface area contributed by atoms with Crippen molar-refractivity contribution in [1.29, 1.82) is 5.26 Å². The highest BCUT2D eigenvalue weighted by Crippen LogP contribution is 2.09. The van der Waals surface area contributed by atoms with Crippen LogP contribution in [0.2, 0.25) is 0 Å². The molecule has 0 aliphatic carbocycles. The van der Waals surface area contributed by atoms with Gasteiger partial charge in [0.05, 0.1) is 11.6 Å². The number of amides is 1. The number of carbonyl (C=O) groups is 1. The Hall–Kier alpha value is -2.67. The number of aryl methyl sites for hydroxylation is 1. The van der Waals surface area contributed by atoms with E-state index in [-0.39, 0.29) is 18.3 Å². The summed E-state index contributed by atoms with van der Waals surface area (Å²) < 4.78 is 13.4. The largest absolute Gasteiger partial charge is 0.348 e. The lowest BCUT2D eigenvalue weighted by Gasteiger charge is -2.06. The minimum atomic E-state index is -0.289. The summed E-state index contributed by atoms with van der Waals surface area (Å²) in [5, 5.41) is 11.5. The van der Waals surface area contributed by atoms with Crippen LogP contribution < -0.4 is 5.32 Å². The summed E-state index contributed by atoms with van der Waals surface area (Å²) in [6, 6.07) is 13.3. The molecule has 0 radical (unpaired) electrons. The predicted octanol–water partition coefficient (Wildman–Crippen LogP) is 2.94. The molecule has 0 atom stereocenters. The van der Waals surface area contributed by atoms with Crippen molar-refractivity contribution in [2.24, 2.45) is 0 Å². The SMILES string of the molecule is Cc1ccc(CNC(=O)c2cccc(C#N)c2)cc1F. The molecule has 0 fully saturated rings. The number of benzene rings is 2. The van der Waals surface area contributed by atoms with Crippen LogP contribution in [0, 0.1) is 24.1 Å². The molecule has 2 aromatic carbocycles. The van der Waals surface area contributed by atoms with Crippen LogP contribution in [-0.4, -0.2) is 5.91 Å². The second-order valence-electron chi connectivity index (χ2n) is 4.46. The normalized spacial score (nSPS) is 9.85. The number of nitrogens with one attached hydrogen (secondary N) is 1. The van der Waals surface area contributed by atoms with Crippen molar-refractivity contribution in [2.45, 2.75) is 13.5 Å². The summed E-state index contributed by atoms with van der Waals surface area (Å²) >= 11 is 0. The van der Waals surface area contributed by atoms with Crippen LogP contribution in [-0.2, 0) is 6.54 Å². The Labute approximate surface area is 116 Å². The van der Waals surface area contributed by atoms with Crippen LogP contribution in [0.25, 0.3) is 0 Å². The smallest absolute Gasteiger partial charge is 0.251 e. The van der Waals surface area contributed by atoms with Crippen molar-refractivity contribution in [3.05, 3.63) is 70.5 Å². The standard InChI is InChI=1S/C16H13FN2O/c1-11-5-6-13(8-15(11)17)10-19-16(20)14-4-2-3-12(7-14)9-18/h2-8H,10H2,1H3,(H,19,20). The molecule has 0 saturated heterocycles. The molecular weight excluding hydrogens is 255 g/mol. The molecule has 1 amide bonds. The van der Waals surface area contributed by atoms with Crippen LogP contribution in [0.5, 0.6) is 0 Å². The predicted molar refractivity (Wildman–Crippen MR) is 73.5 cm³/mol. The van der Waals surface area contributed by atoms with Gasteiger partial charge in [0.1, 0.15) is 5.82 Å². The van der Waals surface area contributed by atoms with Gasteiger partial charge in [-0.25, -0.2) is 4.39 Å². The third kappa shape index (κ3) is 3.21. The number of halogens is 1. The molecule has 0 spiro atoms. The molecule has 3 nitrogen and oxygen atoms in total. The van der Waals surface area contributed by atoms with E-state index in [0.717, 1.165) is 0 Å². The summed E-state index contributed by atoms with van der Waals surface area (Å²) in [7, 11) is 0. The van der Waals surface area contributed by atoms with Crippen molar-refractivity contribution in [2.75, 3.05) is 0 Å². The maximum Gasteiger partial charge on any atom is 0.251 e. The van der Waals surface area contributed by atoms with Gasteiger partial charge in [0.2, 0.25) is 0 Å². The molecular formula is C16H13FN2O. The van der Waals surface area contributed by atoms with Gasteiger partial charge in [-0.1, -0.05) is 18.2 Å². The van der Waals surface area contributed by atoms with Gasteiger partial charge in [-0.15, -0.1) is 0 Å². The Morgan fingerprint density at radius 2 is 2.10 bits per heavy atom. The van der Waals surface area contributed by atoms with Gasteiger partial charge >= 0.3 is 0 Å². The van der Waals surface area contributed by atoms with E-state index in [1.54, 1.807) is 37.3 Å². The van der Waals surface area contributed by atoms with Crippen LogP contribution in [0.15, 0.2) is 42.5 Å². The van der Waals surface area contributed by atoms with Crippen molar-refractivity contribution < 1.29 is 9.18 Å². The van der Waals surface area contributed by atoms with Gasteiger partial charge in [0, 0.05) is 12.1 Å². The van der Waals surface area contributed by atoms with E-state index in [1.165, 1.54) is 12.1 Å². The molecule has 100 valence electrons. The van der Waals surface area contributed by atoms with Crippen LogP contribution in [0.3, 0.4) is 0 Å². The number of nitriles is 1. The molecule has 2 aromatic rings. The maximum atomic E-state index is 13.4. The molecule has 0 unspecified atom stereocenters. The quantitative estimate of drug-likeness (QED) is 0.930. The number of nitrogens with zero attached hydrogens (tertiary/aromatic N) is 1. The summed E-state index contributed by atoms with van der Waals surface area (Å²) in [6.07, 6.45) is 0. The fraction of sp³-hybridized carbons (Fsp3) is 0.125. The van der Waals surface area contributed by atoms with E-state index in [9.17, 15) is 9.18 Å². The molecule has 0 bridgehead atoms. The first-order valence-electron chi connectivity index (χ1n) is 6.13. The molecule has 0 saturated carbocycles. The second-order valence-corrected chi connectivity index (χ2v) is 4.46. The zero-order valence-corrected chi connectivity index (χ0v) is 11.0. The van der Waals surface area contributed by atoms with Gasteiger partial charge in [-0.2, -0.15) is 5.26 Å². The Bertz CT molecular complexity index is 689. The van der Waals surface area contributed by atoms with Gasteiger partial charge in [-0.05, 0) is 42.3 Å². The van der Waals surface area contributed by atoms with Crippen LogP contribution in [0.4, 0.5) is 4.39 Å². The maximum absolute atomic E-state index is 13.4. The highest BCUT2D eigenvalue weighted by atomic mass is 19.1. The van der Waals surface area contributed by atoms with Crippen molar-refractivity contribution in [1.82, 2.24) is 5.32 Å². The molecule has 0 aliphatic heterocycles. The lowest BCUT2D eigenvalue weighted by atomic mass is 10.1. The van der Waals surface area contributed by atoms with Gasteiger partial charge in [0.15, 0.2) is 0 Å². The fourth-order valence-corrected chi connectivity index (χ4v) is 1.76. The van der Waals surface area contributed by atoms with Crippen molar-refractivity contribution in [3.63, 3.8) is 0 Å². The minimum absolute atomic E-state index is 0.243. The van der Waals surface area contributed by atoms with Crippen molar-refractivity contribution in [3.8, 4) is 6.07 Å². The first kappa shape index (κ1) is 13.8. The topological polar surface area (TPSA) is 52.9 Å². The summed E-state index contributed by atoms with van der Waals surface area (Å²) in [4.78, 5) is 11.9. The van der Waals surface area contributed by atoms with E-state index in [0.29, 0.717) is 22.3 Å². The van der Waals surface area contributed by atoms with E-state index in [2.05, 4.69) is 5.32 Å². The Balaban J connectivity index is 2.04. The average molecular weight is 268 g/mol. The summed E-state index contributed by atoms with van der Waals surface area (Å²) in [6.45, 7) is 1.93. The number of hydrogen-bond acceptors (Lipinski definition) is 2. The molecule has 2 rings (SSSR count). The Morgan fingerprint density at radius 1 is 1.30 bits per heavy atom. The van der Waals surface area contributed by atoms with Gasteiger partial charge in [-0.3, -0.25) is 4.79 Å². The number of rotatable bonds is 3. The minimum Gasteiger partial charge on any atom is -0.348 e. The summed E-state index contributed by atoms with van der Waals surface area (Å²) in [5.41, 5.74) is 2.11. The summed E-state index contributed by atoms with van der Waals surface area (Å²) in [5.74, 6) is -0.577. The van der Waals surface area contributed by atoms with E-state index in [4.69, 9.17) is 5.26 Å². The van der Waals surface area contributed by atoms with Gasteiger partial charge < -0.3 is 5.32 Å². The molecule has 0 aromatic heterocycles. The lowest BCUT2D eigenvalue weighted by molar-refractivity contribution is 0.0951. The fourth-order valence-electron chi connectivity index (χ4n) is 1.76. The molecule has 4 heteroatoms. The second kappa shape index (κ2) is 5.98. The highest BCUT2D eigenvalue weighted by molar-refractivity contribution is 5.94. The van der Waals surface area contributed by atoms with Crippen LogP contribution >= 0.6 is 0 Å². The molecule has 0 heterocycles. The average Bonchev–Trinajstić information content (AvgIpc) is 2.48. The highest BCUT2D eigenvalue weighted by Gasteiger charge is 2.06. The number of hydrogen-bond donors (Lipinski definition) is 1. The third-order valence-electron chi connectivity index (χ3n) is 2.94. The first-order chi connectivity index (χ1) is 9.60. The molecule has 1 N–H and O–H groups in total. The Kier molecular flexibility index (Phi) is 4.11. The first-order valence-corrected chi connectivity index (χ1v) is 6.13. The van der Waals surface area contributed by atoms with E-state index in [1.807, 2.05) is 6.07 Å².